The van der Waals surface area contributed by atoms with Gasteiger partial charge in [-0.2, -0.15) is 0 Å². The summed E-state index contributed by atoms with van der Waals surface area (Å²) in [7, 11) is 0. The van der Waals surface area contributed by atoms with E-state index in [1.54, 1.807) is 13.0 Å². The highest BCUT2D eigenvalue weighted by atomic mass is 35.5. The normalized spacial score (nSPS) is 20.6. The Morgan fingerprint density at radius 1 is 1.50 bits per heavy atom. The van der Waals surface area contributed by atoms with Gasteiger partial charge in [-0.1, -0.05) is 0 Å². The Labute approximate surface area is 89.3 Å². The van der Waals surface area contributed by atoms with E-state index in [1.807, 2.05) is 0 Å². The number of halogens is 2. The molecule has 1 aliphatic rings. The highest BCUT2D eigenvalue weighted by Gasteiger charge is 2.18. The highest BCUT2D eigenvalue weighted by Crippen LogP contribution is 2.20. The highest BCUT2D eigenvalue weighted by molar-refractivity contribution is 5.85. The summed E-state index contributed by atoms with van der Waals surface area (Å²) in [6, 6.07) is 3.30. The van der Waals surface area contributed by atoms with E-state index in [0.717, 1.165) is 25.2 Å². The van der Waals surface area contributed by atoms with Gasteiger partial charge in [-0.15, -0.1) is 12.4 Å². The topological polar surface area (TPSA) is 24.9 Å². The van der Waals surface area contributed by atoms with Crippen molar-refractivity contribution in [2.24, 2.45) is 0 Å². The summed E-state index contributed by atoms with van der Waals surface area (Å²) >= 11 is 0. The molecule has 0 radical (unpaired) electrons. The van der Waals surface area contributed by atoms with Gasteiger partial charge in [-0.3, -0.25) is 4.98 Å². The van der Waals surface area contributed by atoms with Crippen molar-refractivity contribution in [1.82, 2.24) is 10.3 Å². The van der Waals surface area contributed by atoms with Crippen molar-refractivity contribution in [2.45, 2.75) is 19.3 Å². The second-order valence-electron chi connectivity index (χ2n) is 3.49. The first kappa shape index (κ1) is 11.4. The summed E-state index contributed by atoms with van der Waals surface area (Å²) in [5.41, 5.74) is 1.52. The van der Waals surface area contributed by atoms with Gasteiger partial charge in [-0.25, -0.2) is 4.39 Å². The number of pyridine rings is 1. The summed E-state index contributed by atoms with van der Waals surface area (Å²) in [6.45, 7) is 3.72. The van der Waals surface area contributed by atoms with E-state index in [2.05, 4.69) is 10.3 Å². The minimum Gasteiger partial charge on any atom is -0.316 e. The van der Waals surface area contributed by atoms with Gasteiger partial charge in [0, 0.05) is 18.2 Å². The number of rotatable bonds is 1. The van der Waals surface area contributed by atoms with Crippen molar-refractivity contribution in [3.05, 3.63) is 29.3 Å². The predicted octanol–water partition coefficient (Wildman–Crippen LogP) is 2.03. The zero-order chi connectivity index (χ0) is 9.26. The molecule has 0 spiro atoms. The first-order valence-electron chi connectivity index (χ1n) is 4.61. The van der Waals surface area contributed by atoms with Crippen molar-refractivity contribution in [3.8, 4) is 0 Å². The van der Waals surface area contributed by atoms with Crippen LogP contribution in [0.3, 0.4) is 0 Å². The second-order valence-corrected chi connectivity index (χ2v) is 3.49. The van der Waals surface area contributed by atoms with Crippen LogP contribution < -0.4 is 5.32 Å². The van der Waals surface area contributed by atoms with E-state index in [1.165, 1.54) is 6.07 Å². The fraction of sp³-hybridized carbons (Fsp3) is 0.500. The zero-order valence-electron chi connectivity index (χ0n) is 8.09. The van der Waals surface area contributed by atoms with Crippen LogP contribution in [0, 0.1) is 12.7 Å². The standard InChI is InChI=1S/C10H13FN2.ClH/c1-7-9(11)2-3-10(13-7)8-4-5-12-6-8;/h2-3,8,12H,4-6H2,1H3;1H. The molecule has 2 heterocycles. The van der Waals surface area contributed by atoms with E-state index in [-0.39, 0.29) is 18.2 Å². The molecule has 0 aromatic carbocycles. The lowest BCUT2D eigenvalue weighted by atomic mass is 10.0. The van der Waals surface area contributed by atoms with Gasteiger partial charge in [0.2, 0.25) is 0 Å². The average Bonchev–Trinajstić information content (AvgIpc) is 2.62. The monoisotopic (exact) mass is 216 g/mol. The maximum atomic E-state index is 12.9. The van der Waals surface area contributed by atoms with Gasteiger partial charge in [0.25, 0.3) is 0 Å². The molecule has 0 bridgehead atoms. The van der Waals surface area contributed by atoms with Crippen LogP contribution in [0.25, 0.3) is 0 Å². The number of hydrogen-bond acceptors (Lipinski definition) is 2. The van der Waals surface area contributed by atoms with Crippen LogP contribution in [0.15, 0.2) is 12.1 Å². The van der Waals surface area contributed by atoms with Gasteiger partial charge in [0.05, 0.1) is 5.69 Å². The van der Waals surface area contributed by atoms with E-state index >= 15 is 0 Å². The quantitative estimate of drug-likeness (QED) is 0.777. The number of aromatic nitrogens is 1. The zero-order valence-corrected chi connectivity index (χ0v) is 8.90. The molecule has 0 saturated carbocycles. The fourth-order valence-electron chi connectivity index (χ4n) is 1.70. The molecule has 1 aromatic heterocycles. The lowest BCUT2D eigenvalue weighted by Gasteiger charge is -2.08. The van der Waals surface area contributed by atoms with Gasteiger partial charge in [0.1, 0.15) is 5.82 Å². The van der Waals surface area contributed by atoms with Crippen LogP contribution in [0.1, 0.15) is 23.7 Å². The van der Waals surface area contributed by atoms with E-state index in [9.17, 15) is 4.39 Å². The molecule has 2 rings (SSSR count). The maximum Gasteiger partial charge on any atom is 0.144 e. The van der Waals surface area contributed by atoms with E-state index in [0.29, 0.717) is 11.6 Å². The lowest BCUT2D eigenvalue weighted by molar-refractivity contribution is 0.602. The van der Waals surface area contributed by atoms with Crippen LogP contribution >= 0.6 is 12.4 Å². The Morgan fingerprint density at radius 2 is 2.29 bits per heavy atom. The molecule has 0 amide bonds. The molecule has 1 saturated heterocycles. The molecule has 1 aliphatic heterocycles. The Kier molecular flexibility index (Phi) is 3.84. The number of nitrogens with one attached hydrogen (secondary N) is 1. The summed E-state index contributed by atoms with van der Waals surface area (Å²) in [6.07, 6.45) is 1.11. The molecule has 14 heavy (non-hydrogen) atoms. The van der Waals surface area contributed by atoms with E-state index < -0.39 is 0 Å². The van der Waals surface area contributed by atoms with Gasteiger partial charge in [-0.05, 0) is 32.0 Å². The Morgan fingerprint density at radius 3 is 2.86 bits per heavy atom. The third-order valence-electron chi connectivity index (χ3n) is 2.52. The summed E-state index contributed by atoms with van der Waals surface area (Å²) in [5, 5.41) is 3.27. The van der Waals surface area contributed by atoms with Crippen LogP contribution in [-0.4, -0.2) is 18.1 Å². The molecule has 1 aromatic rings. The van der Waals surface area contributed by atoms with Crippen molar-refractivity contribution in [2.75, 3.05) is 13.1 Å². The molecular weight excluding hydrogens is 203 g/mol. The van der Waals surface area contributed by atoms with E-state index in [4.69, 9.17) is 0 Å². The SMILES string of the molecule is Cc1nc(C2CCNC2)ccc1F.Cl. The molecule has 1 unspecified atom stereocenters. The lowest BCUT2D eigenvalue weighted by Crippen LogP contribution is -2.09. The molecule has 0 aliphatic carbocycles. The van der Waals surface area contributed by atoms with Gasteiger partial charge < -0.3 is 5.32 Å². The minimum atomic E-state index is -0.213. The Hall–Kier alpha value is -0.670. The maximum absolute atomic E-state index is 12.9. The van der Waals surface area contributed by atoms with Crippen LogP contribution in [0.2, 0.25) is 0 Å². The van der Waals surface area contributed by atoms with Crippen LogP contribution in [0.5, 0.6) is 0 Å². The Balaban J connectivity index is 0.000000980. The Bertz CT molecular complexity index is 311. The second kappa shape index (κ2) is 4.71. The number of aryl methyl sites for hydroxylation is 1. The molecule has 78 valence electrons. The van der Waals surface area contributed by atoms with Crippen LogP contribution in [-0.2, 0) is 0 Å². The first-order valence-corrected chi connectivity index (χ1v) is 4.61. The molecule has 1 atom stereocenters. The third kappa shape index (κ3) is 2.22. The fourth-order valence-corrected chi connectivity index (χ4v) is 1.70. The smallest absolute Gasteiger partial charge is 0.144 e. The number of nitrogens with zero attached hydrogens (tertiary/aromatic N) is 1. The largest absolute Gasteiger partial charge is 0.316 e. The molecule has 1 fully saturated rings. The molecule has 4 heteroatoms. The van der Waals surface area contributed by atoms with Crippen molar-refractivity contribution in [1.29, 1.82) is 0 Å². The van der Waals surface area contributed by atoms with Crippen LogP contribution in [0.4, 0.5) is 4.39 Å². The summed E-state index contributed by atoms with van der Waals surface area (Å²) in [4.78, 5) is 4.24. The van der Waals surface area contributed by atoms with Crippen molar-refractivity contribution in [3.63, 3.8) is 0 Å². The van der Waals surface area contributed by atoms with Gasteiger partial charge in [0.15, 0.2) is 0 Å². The molecular formula is C10H14ClFN2. The third-order valence-corrected chi connectivity index (χ3v) is 2.52. The summed E-state index contributed by atoms with van der Waals surface area (Å²) < 4.78 is 12.9. The number of hydrogen-bond donors (Lipinski definition) is 1. The van der Waals surface area contributed by atoms with Gasteiger partial charge >= 0.3 is 0 Å². The predicted molar refractivity (Wildman–Crippen MR) is 56.4 cm³/mol. The minimum absolute atomic E-state index is 0. The van der Waals surface area contributed by atoms with Crippen molar-refractivity contribution < 1.29 is 4.39 Å². The first-order chi connectivity index (χ1) is 6.27. The molecule has 2 nitrogen and oxygen atoms in total. The average molecular weight is 217 g/mol. The summed E-state index contributed by atoms with van der Waals surface area (Å²) in [5.74, 6) is 0.258. The van der Waals surface area contributed by atoms with Crippen molar-refractivity contribution >= 4 is 12.4 Å². The molecule has 1 N–H and O–H groups in total.